The van der Waals surface area contributed by atoms with Gasteiger partial charge in [0.25, 0.3) is 0 Å². The van der Waals surface area contributed by atoms with Gasteiger partial charge in [0.15, 0.2) is 5.58 Å². The highest BCUT2D eigenvalue weighted by molar-refractivity contribution is 7.99. The normalized spacial score (nSPS) is 15.8. The molecule has 0 spiro atoms. The number of benzene rings is 2. The third kappa shape index (κ3) is 11.7. The Kier molecular flexibility index (Phi) is 13.9. The summed E-state index contributed by atoms with van der Waals surface area (Å²) in [6, 6.07) is 15.7. The number of oxazole rings is 1. The average molecular weight is 721 g/mol. The van der Waals surface area contributed by atoms with Crippen molar-refractivity contribution in [3.05, 3.63) is 70.7 Å². The van der Waals surface area contributed by atoms with Crippen LogP contribution in [0.2, 0.25) is 0 Å². The van der Waals surface area contributed by atoms with Gasteiger partial charge in [0.2, 0.25) is 17.6 Å². The standard InChI is InChI=1S/C29H33F3N4O5S.C2HF3O2/c30-29(31,32)25(37)19-42-16-6-10-23(27(33)39)35(15-14-34-13-12-21(17-34)20-7-2-1-3-8-20)26(38)18-36-22-9-4-5-11-24(22)41-28(36)40;3-2(4,5)1(6)7/h1-5,7-9,11,21,23H,6,10,12-19H2,(H2,33,39);(H,6,7)/t21?,23-;/m0./s1. The number of primary amides is 1. The highest BCUT2D eigenvalue weighted by Crippen LogP contribution is 2.27. The van der Waals surface area contributed by atoms with Crippen LogP contribution in [0.25, 0.3) is 11.1 Å². The maximum atomic E-state index is 13.7. The summed E-state index contributed by atoms with van der Waals surface area (Å²) in [4.78, 5) is 62.4. The number of carboxylic acid groups (broad SMARTS) is 1. The van der Waals surface area contributed by atoms with E-state index in [1.54, 1.807) is 24.3 Å². The van der Waals surface area contributed by atoms with Crippen LogP contribution in [0, 0.1) is 0 Å². The summed E-state index contributed by atoms with van der Waals surface area (Å²) in [6.07, 6.45) is -8.68. The number of amides is 2. The molecule has 11 nitrogen and oxygen atoms in total. The minimum Gasteiger partial charge on any atom is -0.475 e. The number of aromatic nitrogens is 1. The molecule has 0 saturated carbocycles. The molecule has 2 amide bonds. The third-order valence-corrected chi connectivity index (χ3v) is 8.69. The zero-order valence-corrected chi connectivity index (χ0v) is 26.7. The van der Waals surface area contributed by atoms with Crippen molar-refractivity contribution in [2.75, 3.05) is 37.7 Å². The number of rotatable bonds is 14. The second-order valence-electron chi connectivity index (χ2n) is 11.0. The van der Waals surface area contributed by atoms with Gasteiger partial charge in [-0.15, -0.1) is 0 Å². The Labute approximate surface area is 280 Å². The van der Waals surface area contributed by atoms with E-state index in [0.717, 1.165) is 31.3 Å². The number of aliphatic carboxylic acids is 1. The van der Waals surface area contributed by atoms with Crippen molar-refractivity contribution >= 4 is 46.4 Å². The second-order valence-corrected chi connectivity index (χ2v) is 12.1. The van der Waals surface area contributed by atoms with Crippen molar-refractivity contribution in [2.24, 2.45) is 5.73 Å². The SMILES string of the molecule is NC(=O)[C@H](CCCSCC(=O)C(F)(F)F)N(CCN1CCC(c2ccccc2)C1)C(=O)Cn1c(=O)oc2ccccc21.O=C(O)C(F)(F)F. The number of ketones is 1. The van der Waals surface area contributed by atoms with Gasteiger partial charge in [-0.05, 0) is 55.2 Å². The number of carboxylic acids is 1. The van der Waals surface area contributed by atoms with E-state index >= 15 is 0 Å². The predicted octanol–water partition coefficient (Wildman–Crippen LogP) is 4.04. The van der Waals surface area contributed by atoms with E-state index in [2.05, 4.69) is 17.0 Å². The van der Waals surface area contributed by atoms with Gasteiger partial charge in [-0.25, -0.2) is 9.59 Å². The van der Waals surface area contributed by atoms with E-state index in [-0.39, 0.29) is 31.7 Å². The molecule has 1 aromatic heterocycles. The molecule has 1 fully saturated rings. The monoisotopic (exact) mass is 720 g/mol. The molecule has 0 aliphatic carbocycles. The highest BCUT2D eigenvalue weighted by Gasteiger charge is 2.39. The lowest BCUT2D eigenvalue weighted by Crippen LogP contribution is -2.51. The van der Waals surface area contributed by atoms with Gasteiger partial charge in [-0.1, -0.05) is 42.5 Å². The molecule has 3 N–H and O–H groups in total. The zero-order chi connectivity index (χ0) is 36.4. The van der Waals surface area contributed by atoms with Crippen molar-refractivity contribution in [2.45, 2.75) is 50.1 Å². The first-order chi connectivity index (χ1) is 23.0. The van der Waals surface area contributed by atoms with Gasteiger partial charge in [0.05, 0.1) is 11.3 Å². The van der Waals surface area contributed by atoms with Gasteiger partial charge in [0, 0.05) is 19.6 Å². The molecule has 3 aromatic rings. The van der Waals surface area contributed by atoms with Crippen LogP contribution in [-0.2, 0) is 25.7 Å². The number of hydrogen-bond acceptors (Lipinski definition) is 8. The Morgan fingerprint density at radius 2 is 1.63 bits per heavy atom. The van der Waals surface area contributed by atoms with Crippen molar-refractivity contribution in [1.82, 2.24) is 14.4 Å². The van der Waals surface area contributed by atoms with Crippen LogP contribution >= 0.6 is 11.8 Å². The highest BCUT2D eigenvalue weighted by atomic mass is 32.2. The predicted molar refractivity (Wildman–Crippen MR) is 167 cm³/mol. The number of para-hydroxylation sites is 2. The molecule has 1 aliphatic rings. The van der Waals surface area contributed by atoms with Crippen LogP contribution in [0.1, 0.15) is 30.7 Å². The number of carbonyl (C=O) groups excluding carboxylic acids is 3. The van der Waals surface area contributed by atoms with Crippen molar-refractivity contribution in [3.63, 3.8) is 0 Å². The van der Waals surface area contributed by atoms with Gasteiger partial charge in [0.1, 0.15) is 12.6 Å². The number of nitrogens with zero attached hydrogens (tertiary/aromatic N) is 3. The van der Waals surface area contributed by atoms with E-state index < -0.39 is 53.5 Å². The van der Waals surface area contributed by atoms with E-state index in [1.807, 2.05) is 18.2 Å². The van der Waals surface area contributed by atoms with Crippen LogP contribution in [0.4, 0.5) is 26.3 Å². The lowest BCUT2D eigenvalue weighted by Gasteiger charge is -2.31. The van der Waals surface area contributed by atoms with Crippen molar-refractivity contribution < 1.29 is 55.0 Å². The molecule has 2 aromatic carbocycles. The van der Waals surface area contributed by atoms with E-state index in [4.69, 9.17) is 20.1 Å². The summed E-state index contributed by atoms with van der Waals surface area (Å²) in [5.41, 5.74) is 7.71. The van der Waals surface area contributed by atoms with Crippen molar-refractivity contribution in [1.29, 1.82) is 0 Å². The number of halogens is 6. The summed E-state index contributed by atoms with van der Waals surface area (Å²) in [5.74, 6) is -6.77. The first-order valence-corrected chi connectivity index (χ1v) is 16.1. The largest absolute Gasteiger partial charge is 0.490 e. The molecular formula is C31H34F6N4O7S. The molecule has 0 bridgehead atoms. The Bertz CT molecular complexity index is 1640. The number of Topliss-reactive ketones (excluding diaryl/α,β-unsaturated/α-hetero) is 1. The van der Waals surface area contributed by atoms with Crippen LogP contribution < -0.4 is 11.5 Å². The van der Waals surface area contributed by atoms with E-state index in [9.17, 15) is 45.5 Å². The van der Waals surface area contributed by atoms with Crippen LogP contribution in [0.15, 0.2) is 63.8 Å². The van der Waals surface area contributed by atoms with Crippen molar-refractivity contribution in [3.8, 4) is 0 Å². The Hall–Kier alpha value is -4.32. The third-order valence-electron chi connectivity index (χ3n) is 7.65. The second kappa shape index (κ2) is 17.4. The molecule has 2 atom stereocenters. The number of alkyl halides is 6. The number of nitrogens with two attached hydrogens (primary N) is 1. The summed E-state index contributed by atoms with van der Waals surface area (Å²) < 4.78 is 75.7. The van der Waals surface area contributed by atoms with Crippen LogP contribution in [-0.4, -0.2) is 99.1 Å². The first-order valence-electron chi connectivity index (χ1n) is 14.9. The molecule has 2 heterocycles. The maximum Gasteiger partial charge on any atom is 0.490 e. The molecule has 4 rings (SSSR count). The summed E-state index contributed by atoms with van der Waals surface area (Å²) in [6.45, 7) is 1.84. The Balaban J connectivity index is 0.000000838. The number of carbonyl (C=O) groups is 4. The fourth-order valence-corrected chi connectivity index (χ4v) is 6.07. The first kappa shape index (κ1) is 39.1. The van der Waals surface area contributed by atoms with Gasteiger partial charge in [-0.2, -0.15) is 38.1 Å². The lowest BCUT2D eigenvalue weighted by atomic mass is 9.99. The molecule has 268 valence electrons. The Morgan fingerprint density at radius 3 is 2.24 bits per heavy atom. The summed E-state index contributed by atoms with van der Waals surface area (Å²) >= 11 is 0.810. The number of likely N-dealkylation sites (tertiary alicyclic amines) is 1. The van der Waals surface area contributed by atoms with Gasteiger partial charge >= 0.3 is 24.1 Å². The molecule has 18 heteroatoms. The minimum absolute atomic E-state index is 0.0992. The van der Waals surface area contributed by atoms with Crippen LogP contribution in [0.5, 0.6) is 0 Å². The summed E-state index contributed by atoms with van der Waals surface area (Å²) in [5, 5.41) is 7.12. The topological polar surface area (TPSA) is 156 Å². The Morgan fingerprint density at radius 1 is 1.00 bits per heavy atom. The molecule has 1 aliphatic heterocycles. The number of fused-ring (bicyclic) bond motifs is 1. The molecule has 1 saturated heterocycles. The molecular weight excluding hydrogens is 686 g/mol. The fourth-order valence-electron chi connectivity index (χ4n) is 5.20. The zero-order valence-electron chi connectivity index (χ0n) is 25.9. The van der Waals surface area contributed by atoms with E-state index in [0.29, 0.717) is 23.6 Å². The van der Waals surface area contributed by atoms with Gasteiger partial charge < -0.3 is 25.1 Å². The lowest BCUT2D eigenvalue weighted by molar-refractivity contribution is -0.192. The molecule has 0 radical (unpaired) electrons. The smallest absolute Gasteiger partial charge is 0.475 e. The van der Waals surface area contributed by atoms with Gasteiger partial charge in [-0.3, -0.25) is 19.0 Å². The summed E-state index contributed by atoms with van der Waals surface area (Å²) in [7, 11) is 0. The number of thioether (sulfide) groups is 1. The average Bonchev–Trinajstić information content (AvgIpc) is 3.63. The quantitative estimate of drug-likeness (QED) is 0.185. The van der Waals surface area contributed by atoms with Crippen LogP contribution in [0.3, 0.4) is 0 Å². The van der Waals surface area contributed by atoms with E-state index in [1.165, 1.54) is 15.0 Å². The minimum atomic E-state index is -5.08. The number of hydrogen-bond donors (Lipinski definition) is 2. The molecule has 49 heavy (non-hydrogen) atoms. The maximum absolute atomic E-state index is 13.7. The fraction of sp³-hybridized carbons (Fsp3) is 0.452. The molecule has 1 unspecified atom stereocenters.